The summed E-state index contributed by atoms with van der Waals surface area (Å²) in [5.41, 5.74) is 7.11. The Labute approximate surface area is 231 Å². The minimum Gasteiger partial charge on any atom is -0.508 e. The third kappa shape index (κ3) is 6.56. The molecule has 1 unspecified atom stereocenters. The van der Waals surface area contributed by atoms with Gasteiger partial charge in [0.2, 0.25) is 11.8 Å². The average Bonchev–Trinajstić information content (AvgIpc) is 3.26. The SMILES string of the molecule is CN(Cc1cccc(-c2ccc(CC3SC(=O)NC3=O)cc2)c1)C(=O)Cc1ccc(-c2ccc(O)cc2)cc1. The van der Waals surface area contributed by atoms with Crippen molar-refractivity contribution in [2.75, 3.05) is 7.05 Å². The van der Waals surface area contributed by atoms with Crippen LogP contribution in [0.1, 0.15) is 16.7 Å². The summed E-state index contributed by atoms with van der Waals surface area (Å²) in [6, 6.07) is 31.1. The highest BCUT2D eigenvalue weighted by Crippen LogP contribution is 2.26. The smallest absolute Gasteiger partial charge is 0.286 e. The summed E-state index contributed by atoms with van der Waals surface area (Å²) in [5.74, 6) is 0.0404. The van der Waals surface area contributed by atoms with E-state index in [1.54, 1.807) is 17.0 Å². The molecule has 1 saturated heterocycles. The van der Waals surface area contributed by atoms with Crippen LogP contribution < -0.4 is 5.32 Å². The summed E-state index contributed by atoms with van der Waals surface area (Å²) in [6.07, 6.45) is 0.825. The zero-order valence-corrected chi connectivity index (χ0v) is 22.3. The molecule has 7 heteroatoms. The van der Waals surface area contributed by atoms with E-state index >= 15 is 0 Å². The molecule has 2 N–H and O–H groups in total. The maximum absolute atomic E-state index is 12.9. The van der Waals surface area contributed by atoms with Crippen LogP contribution in [-0.4, -0.2) is 39.4 Å². The van der Waals surface area contributed by atoms with Crippen LogP contribution in [0.5, 0.6) is 5.75 Å². The van der Waals surface area contributed by atoms with Gasteiger partial charge in [0.25, 0.3) is 5.24 Å². The lowest BCUT2D eigenvalue weighted by Gasteiger charge is -2.18. The Kier molecular flexibility index (Phi) is 7.79. The third-order valence-electron chi connectivity index (χ3n) is 6.76. The summed E-state index contributed by atoms with van der Waals surface area (Å²) in [7, 11) is 1.82. The van der Waals surface area contributed by atoms with Crippen molar-refractivity contribution in [3.8, 4) is 28.0 Å². The van der Waals surface area contributed by atoms with Gasteiger partial charge in [0.05, 0.1) is 11.7 Å². The highest BCUT2D eigenvalue weighted by molar-refractivity contribution is 8.15. The maximum Gasteiger partial charge on any atom is 0.286 e. The molecule has 0 aliphatic carbocycles. The first kappa shape index (κ1) is 26.3. The highest BCUT2D eigenvalue weighted by Gasteiger charge is 2.31. The van der Waals surface area contributed by atoms with Crippen molar-refractivity contribution in [1.82, 2.24) is 10.2 Å². The van der Waals surface area contributed by atoms with Gasteiger partial charge < -0.3 is 10.0 Å². The number of carbonyl (C=O) groups is 3. The molecule has 0 spiro atoms. The topological polar surface area (TPSA) is 86.7 Å². The number of thioether (sulfide) groups is 1. The predicted molar refractivity (Wildman–Crippen MR) is 154 cm³/mol. The molecule has 1 atom stereocenters. The van der Waals surface area contributed by atoms with E-state index in [2.05, 4.69) is 11.4 Å². The van der Waals surface area contributed by atoms with Crippen LogP contribution in [0.4, 0.5) is 4.79 Å². The minimum absolute atomic E-state index is 0.0365. The standard InChI is InChI=1S/C32H28N2O4S/c1-34(30(36)19-22-7-9-24(10-8-22)25-13-15-28(35)16-14-25)20-23-3-2-4-27(17-23)26-11-5-21(6-12-26)18-29-31(37)33-32(38)39-29/h2-17,29,35H,18-20H2,1H3,(H,33,37,38). The Bertz CT molecular complexity index is 1500. The minimum atomic E-state index is -0.378. The first-order chi connectivity index (χ1) is 18.8. The molecule has 0 aromatic heterocycles. The number of carbonyl (C=O) groups excluding carboxylic acids is 3. The number of amides is 3. The molecule has 4 aromatic carbocycles. The molecule has 1 aliphatic heterocycles. The van der Waals surface area contributed by atoms with Gasteiger partial charge in [-0.25, -0.2) is 0 Å². The van der Waals surface area contributed by atoms with E-state index in [4.69, 9.17) is 0 Å². The average molecular weight is 537 g/mol. The quantitative estimate of drug-likeness (QED) is 0.296. The molecule has 1 fully saturated rings. The molecule has 39 heavy (non-hydrogen) atoms. The van der Waals surface area contributed by atoms with Gasteiger partial charge in [-0.1, -0.05) is 90.6 Å². The fraction of sp³-hybridized carbons (Fsp3) is 0.156. The van der Waals surface area contributed by atoms with Crippen molar-refractivity contribution in [2.45, 2.75) is 24.6 Å². The summed E-state index contributed by atoms with van der Waals surface area (Å²) in [4.78, 5) is 37.9. The van der Waals surface area contributed by atoms with E-state index in [-0.39, 0.29) is 28.1 Å². The number of nitrogens with one attached hydrogen (secondary N) is 1. The second kappa shape index (κ2) is 11.6. The molecule has 196 valence electrons. The van der Waals surface area contributed by atoms with E-state index in [0.717, 1.165) is 50.7 Å². The largest absolute Gasteiger partial charge is 0.508 e. The van der Waals surface area contributed by atoms with Gasteiger partial charge in [-0.15, -0.1) is 0 Å². The predicted octanol–water partition coefficient (Wildman–Crippen LogP) is 5.82. The molecule has 1 heterocycles. The Hall–Kier alpha value is -4.36. The van der Waals surface area contributed by atoms with Gasteiger partial charge in [0.1, 0.15) is 5.75 Å². The number of aromatic hydroxyl groups is 1. The molecule has 5 rings (SSSR count). The van der Waals surface area contributed by atoms with E-state index in [9.17, 15) is 19.5 Å². The lowest BCUT2D eigenvalue weighted by Crippen LogP contribution is -2.27. The van der Waals surface area contributed by atoms with E-state index < -0.39 is 0 Å². The fourth-order valence-corrected chi connectivity index (χ4v) is 5.42. The molecule has 4 aromatic rings. The highest BCUT2D eigenvalue weighted by atomic mass is 32.2. The van der Waals surface area contributed by atoms with E-state index in [0.29, 0.717) is 19.4 Å². The number of likely N-dealkylation sites (N-methyl/N-ethyl adjacent to an activating group) is 1. The van der Waals surface area contributed by atoms with Crippen LogP contribution in [0, 0.1) is 0 Å². The number of rotatable bonds is 8. The van der Waals surface area contributed by atoms with Gasteiger partial charge in [0, 0.05) is 13.6 Å². The Morgan fingerprint density at radius 2 is 1.38 bits per heavy atom. The molecular weight excluding hydrogens is 508 g/mol. The Balaban J connectivity index is 1.18. The summed E-state index contributed by atoms with van der Waals surface area (Å²) in [6.45, 7) is 0.498. The summed E-state index contributed by atoms with van der Waals surface area (Å²) in [5, 5.41) is 11.1. The first-order valence-corrected chi connectivity index (χ1v) is 13.5. The number of hydrogen-bond acceptors (Lipinski definition) is 5. The molecular formula is C32H28N2O4S. The molecule has 0 bridgehead atoms. The van der Waals surface area contributed by atoms with Gasteiger partial charge in [-0.2, -0.15) is 0 Å². The van der Waals surface area contributed by atoms with E-state index in [1.165, 1.54) is 0 Å². The van der Waals surface area contributed by atoms with Gasteiger partial charge in [0.15, 0.2) is 0 Å². The van der Waals surface area contributed by atoms with Crippen LogP contribution in [0.2, 0.25) is 0 Å². The van der Waals surface area contributed by atoms with Crippen molar-refractivity contribution >= 4 is 28.8 Å². The van der Waals surface area contributed by atoms with Crippen molar-refractivity contribution in [3.63, 3.8) is 0 Å². The van der Waals surface area contributed by atoms with Crippen LogP contribution in [-0.2, 0) is 29.0 Å². The lowest BCUT2D eigenvalue weighted by molar-refractivity contribution is -0.129. The monoisotopic (exact) mass is 536 g/mol. The van der Waals surface area contributed by atoms with Gasteiger partial charge in [-0.3, -0.25) is 19.7 Å². The van der Waals surface area contributed by atoms with Crippen LogP contribution in [0.15, 0.2) is 97.1 Å². The van der Waals surface area contributed by atoms with E-state index in [1.807, 2.05) is 85.9 Å². The number of hydrogen-bond donors (Lipinski definition) is 2. The number of imide groups is 1. The molecule has 0 saturated carbocycles. The zero-order valence-electron chi connectivity index (χ0n) is 21.5. The third-order valence-corrected chi connectivity index (χ3v) is 7.74. The van der Waals surface area contributed by atoms with Gasteiger partial charge in [-0.05, 0) is 63.6 Å². The summed E-state index contributed by atoms with van der Waals surface area (Å²) >= 11 is 1.04. The van der Waals surface area contributed by atoms with Crippen molar-refractivity contribution in [2.24, 2.45) is 0 Å². The number of nitrogens with zero attached hydrogens (tertiary/aromatic N) is 1. The Morgan fingerprint density at radius 3 is 2.00 bits per heavy atom. The van der Waals surface area contributed by atoms with Crippen molar-refractivity contribution in [3.05, 3.63) is 114 Å². The fourth-order valence-electron chi connectivity index (χ4n) is 4.56. The normalized spacial score (nSPS) is 14.7. The van der Waals surface area contributed by atoms with Crippen LogP contribution in [0.3, 0.4) is 0 Å². The second-order valence-electron chi connectivity index (χ2n) is 9.66. The van der Waals surface area contributed by atoms with Crippen molar-refractivity contribution in [1.29, 1.82) is 0 Å². The Morgan fingerprint density at radius 1 is 0.795 bits per heavy atom. The summed E-state index contributed by atoms with van der Waals surface area (Å²) < 4.78 is 0. The zero-order chi connectivity index (χ0) is 27.4. The lowest BCUT2D eigenvalue weighted by atomic mass is 10.00. The molecule has 3 amide bonds. The van der Waals surface area contributed by atoms with Crippen LogP contribution in [0.25, 0.3) is 22.3 Å². The number of phenols is 1. The first-order valence-electron chi connectivity index (χ1n) is 12.7. The molecule has 6 nitrogen and oxygen atoms in total. The molecule has 0 radical (unpaired) electrons. The molecule has 1 aliphatic rings. The maximum atomic E-state index is 12.9. The second-order valence-corrected chi connectivity index (χ2v) is 10.8. The van der Waals surface area contributed by atoms with Crippen molar-refractivity contribution < 1.29 is 19.5 Å². The van der Waals surface area contributed by atoms with Gasteiger partial charge >= 0.3 is 0 Å². The number of phenolic OH excluding ortho intramolecular Hbond substituents is 1. The number of benzene rings is 4. The van der Waals surface area contributed by atoms with Crippen LogP contribution >= 0.6 is 11.8 Å².